The third-order valence-electron chi connectivity index (χ3n) is 2.03. The molecule has 0 aliphatic heterocycles. The van der Waals surface area contributed by atoms with Gasteiger partial charge in [0.25, 0.3) is 0 Å². The Labute approximate surface area is 97.5 Å². The molecular weight excluding hydrogens is 224 g/mol. The fourth-order valence-corrected chi connectivity index (χ4v) is 1.95. The van der Waals surface area contributed by atoms with Crippen molar-refractivity contribution in [3.63, 3.8) is 0 Å². The van der Waals surface area contributed by atoms with Crippen molar-refractivity contribution in [2.24, 2.45) is 0 Å². The van der Waals surface area contributed by atoms with Gasteiger partial charge in [-0.25, -0.2) is 4.79 Å². The molecular formula is C11H12N2O2S. The van der Waals surface area contributed by atoms with E-state index in [1.165, 1.54) is 11.3 Å². The zero-order valence-corrected chi connectivity index (χ0v) is 9.68. The second kappa shape index (κ2) is 4.94. The predicted octanol–water partition coefficient (Wildman–Crippen LogP) is 2.19. The summed E-state index contributed by atoms with van der Waals surface area (Å²) in [4.78, 5) is 12.2. The number of rotatable bonds is 4. The van der Waals surface area contributed by atoms with Crippen molar-refractivity contribution in [3.05, 3.63) is 40.8 Å². The average Bonchev–Trinajstić information content (AvgIpc) is 2.88. The highest BCUT2D eigenvalue weighted by Crippen LogP contribution is 2.11. The molecule has 0 aliphatic rings. The van der Waals surface area contributed by atoms with E-state index in [9.17, 15) is 4.79 Å². The lowest BCUT2D eigenvalue weighted by atomic mass is 10.4. The Bertz CT molecular complexity index is 437. The van der Waals surface area contributed by atoms with Crippen LogP contribution in [-0.4, -0.2) is 21.9 Å². The largest absolute Gasteiger partial charge is 0.457 e. The number of hydrogen-bond donors (Lipinski definition) is 0. The van der Waals surface area contributed by atoms with Crippen LogP contribution in [0.4, 0.5) is 0 Å². The Hall–Kier alpha value is -1.62. The first-order valence-corrected chi connectivity index (χ1v) is 5.85. The minimum atomic E-state index is -0.269. The van der Waals surface area contributed by atoms with Crippen molar-refractivity contribution >= 4 is 17.3 Å². The lowest BCUT2D eigenvalue weighted by Gasteiger charge is -2.12. The lowest BCUT2D eigenvalue weighted by Crippen LogP contribution is -2.20. The number of carbonyl (C=O) groups excluding carboxylic acids is 1. The van der Waals surface area contributed by atoms with Crippen LogP contribution in [0, 0.1) is 0 Å². The third-order valence-corrected chi connectivity index (χ3v) is 2.88. The van der Waals surface area contributed by atoms with Gasteiger partial charge in [0.1, 0.15) is 11.0 Å². The Morgan fingerprint density at radius 1 is 1.62 bits per heavy atom. The molecule has 4 nitrogen and oxygen atoms in total. The van der Waals surface area contributed by atoms with Crippen LogP contribution in [0.3, 0.4) is 0 Å². The van der Waals surface area contributed by atoms with Gasteiger partial charge in [-0.05, 0) is 24.4 Å². The van der Waals surface area contributed by atoms with Crippen molar-refractivity contribution in [1.29, 1.82) is 0 Å². The van der Waals surface area contributed by atoms with Crippen LogP contribution >= 0.6 is 11.3 Å². The minimum absolute atomic E-state index is 0.186. The molecule has 2 aromatic rings. The molecule has 0 N–H and O–H groups in total. The number of nitrogens with zero attached hydrogens (tertiary/aromatic N) is 2. The summed E-state index contributed by atoms with van der Waals surface area (Å²) in [6, 6.07) is 5.43. The van der Waals surface area contributed by atoms with Crippen LogP contribution < -0.4 is 0 Å². The van der Waals surface area contributed by atoms with Crippen molar-refractivity contribution in [2.45, 2.75) is 19.6 Å². The van der Waals surface area contributed by atoms with E-state index in [1.54, 1.807) is 16.9 Å². The Morgan fingerprint density at radius 2 is 2.50 bits per heavy atom. The van der Waals surface area contributed by atoms with Crippen LogP contribution in [0.1, 0.15) is 16.6 Å². The normalized spacial score (nSPS) is 12.3. The average molecular weight is 236 g/mol. The molecule has 2 heterocycles. The SMILES string of the molecule is C[C@H](Cn1cccn1)OC(=O)c1cccs1. The van der Waals surface area contributed by atoms with Gasteiger partial charge in [-0.15, -0.1) is 11.3 Å². The van der Waals surface area contributed by atoms with Crippen molar-refractivity contribution < 1.29 is 9.53 Å². The first kappa shape index (κ1) is 10.9. The van der Waals surface area contributed by atoms with Crippen molar-refractivity contribution in [3.8, 4) is 0 Å². The molecule has 0 spiro atoms. The molecule has 0 unspecified atom stereocenters. The minimum Gasteiger partial charge on any atom is -0.457 e. The van der Waals surface area contributed by atoms with E-state index in [1.807, 2.05) is 30.6 Å². The van der Waals surface area contributed by atoms with Crippen molar-refractivity contribution in [1.82, 2.24) is 9.78 Å². The van der Waals surface area contributed by atoms with Gasteiger partial charge in [0.15, 0.2) is 0 Å². The molecule has 5 heteroatoms. The summed E-state index contributed by atoms with van der Waals surface area (Å²) in [6.45, 7) is 2.43. The number of aromatic nitrogens is 2. The summed E-state index contributed by atoms with van der Waals surface area (Å²) in [7, 11) is 0. The molecule has 1 atom stereocenters. The molecule has 2 aromatic heterocycles. The van der Waals surface area contributed by atoms with E-state index in [0.29, 0.717) is 11.4 Å². The number of esters is 1. The second-order valence-corrected chi connectivity index (χ2v) is 4.37. The summed E-state index contributed by atoms with van der Waals surface area (Å²) < 4.78 is 7.02. The quantitative estimate of drug-likeness (QED) is 0.764. The summed E-state index contributed by atoms with van der Waals surface area (Å²) in [5.41, 5.74) is 0. The van der Waals surface area contributed by atoms with Gasteiger partial charge >= 0.3 is 5.97 Å². The molecule has 0 aromatic carbocycles. The van der Waals surface area contributed by atoms with Crippen LogP contribution in [0.2, 0.25) is 0 Å². The summed E-state index contributed by atoms with van der Waals surface area (Å²) in [6.07, 6.45) is 3.36. The number of carbonyl (C=O) groups is 1. The summed E-state index contributed by atoms with van der Waals surface area (Å²) in [5, 5.41) is 5.91. The fourth-order valence-electron chi connectivity index (χ4n) is 1.34. The highest BCUT2D eigenvalue weighted by molar-refractivity contribution is 7.11. The van der Waals surface area contributed by atoms with E-state index in [-0.39, 0.29) is 12.1 Å². The molecule has 0 saturated heterocycles. The van der Waals surface area contributed by atoms with Gasteiger partial charge in [0.05, 0.1) is 6.54 Å². The molecule has 84 valence electrons. The van der Waals surface area contributed by atoms with Gasteiger partial charge in [-0.1, -0.05) is 6.07 Å². The van der Waals surface area contributed by atoms with Gasteiger partial charge in [-0.3, -0.25) is 4.68 Å². The van der Waals surface area contributed by atoms with E-state index in [0.717, 1.165) is 0 Å². The van der Waals surface area contributed by atoms with Crippen molar-refractivity contribution in [2.75, 3.05) is 0 Å². The standard InChI is InChI=1S/C11H12N2O2S/c1-9(8-13-6-3-5-12-13)15-11(14)10-4-2-7-16-10/h2-7,9H,8H2,1H3/t9-/m1/s1. The smallest absolute Gasteiger partial charge is 0.348 e. The molecule has 0 bridgehead atoms. The van der Waals surface area contributed by atoms with E-state index < -0.39 is 0 Å². The lowest BCUT2D eigenvalue weighted by molar-refractivity contribution is 0.0304. The summed E-state index contributed by atoms with van der Waals surface area (Å²) >= 11 is 1.38. The maximum Gasteiger partial charge on any atom is 0.348 e. The maximum absolute atomic E-state index is 11.6. The molecule has 0 radical (unpaired) electrons. The first-order chi connectivity index (χ1) is 7.75. The molecule has 2 rings (SSSR count). The third kappa shape index (κ3) is 2.70. The van der Waals surface area contributed by atoms with E-state index >= 15 is 0 Å². The molecule has 0 fully saturated rings. The molecule has 0 aliphatic carbocycles. The highest BCUT2D eigenvalue weighted by atomic mass is 32.1. The number of hydrogen-bond acceptors (Lipinski definition) is 4. The van der Waals surface area contributed by atoms with Crippen LogP contribution in [0.15, 0.2) is 36.0 Å². The maximum atomic E-state index is 11.6. The monoisotopic (exact) mass is 236 g/mol. The van der Waals surface area contributed by atoms with E-state index in [2.05, 4.69) is 5.10 Å². The molecule has 16 heavy (non-hydrogen) atoms. The topological polar surface area (TPSA) is 44.1 Å². The summed E-state index contributed by atoms with van der Waals surface area (Å²) in [5.74, 6) is -0.269. The fraction of sp³-hybridized carbons (Fsp3) is 0.273. The highest BCUT2D eigenvalue weighted by Gasteiger charge is 2.13. The zero-order chi connectivity index (χ0) is 11.4. The van der Waals surface area contributed by atoms with Gasteiger partial charge in [0, 0.05) is 12.4 Å². The van der Waals surface area contributed by atoms with Crippen LogP contribution in [0.25, 0.3) is 0 Å². The van der Waals surface area contributed by atoms with Crippen LogP contribution in [0.5, 0.6) is 0 Å². The molecule has 0 saturated carbocycles. The van der Waals surface area contributed by atoms with Gasteiger partial charge in [-0.2, -0.15) is 5.10 Å². The number of thiophene rings is 1. The Balaban J connectivity index is 1.88. The predicted molar refractivity (Wildman–Crippen MR) is 61.4 cm³/mol. The first-order valence-electron chi connectivity index (χ1n) is 4.97. The second-order valence-electron chi connectivity index (χ2n) is 3.42. The van der Waals surface area contributed by atoms with E-state index in [4.69, 9.17) is 4.74 Å². The van der Waals surface area contributed by atoms with Crippen LogP contribution in [-0.2, 0) is 11.3 Å². The Morgan fingerprint density at radius 3 is 3.12 bits per heavy atom. The number of ether oxygens (including phenoxy) is 1. The van der Waals surface area contributed by atoms with Gasteiger partial charge < -0.3 is 4.74 Å². The Kier molecular flexibility index (Phi) is 3.36. The zero-order valence-electron chi connectivity index (χ0n) is 8.87. The van der Waals surface area contributed by atoms with Gasteiger partial charge in [0.2, 0.25) is 0 Å². The molecule has 0 amide bonds.